The zero-order chi connectivity index (χ0) is 19.6. The Morgan fingerprint density at radius 2 is 1.85 bits per heavy atom. The van der Waals surface area contributed by atoms with Crippen LogP contribution in [0.2, 0.25) is 0 Å². The van der Waals surface area contributed by atoms with Crippen molar-refractivity contribution in [3.05, 3.63) is 64.2 Å². The van der Waals surface area contributed by atoms with Gasteiger partial charge in [-0.1, -0.05) is 24.3 Å². The monoisotopic (exact) mass is 370 g/mol. The number of hydrazone groups is 1. The van der Waals surface area contributed by atoms with Gasteiger partial charge in [0.1, 0.15) is 0 Å². The number of amides is 1. The fourth-order valence-corrected chi connectivity index (χ4v) is 2.44. The van der Waals surface area contributed by atoms with Gasteiger partial charge in [0.05, 0.1) is 11.1 Å². The molecular weight excluding hydrogens is 348 g/mol. The molecule has 0 spiro atoms. The average molecular weight is 370 g/mol. The quantitative estimate of drug-likeness (QED) is 0.416. The number of nitro groups is 1. The first-order valence-corrected chi connectivity index (χ1v) is 8.58. The van der Waals surface area contributed by atoms with Crippen molar-refractivity contribution >= 4 is 23.5 Å². The standard InChI is InChI=1S/C19H22N4O4/c1-3-22(4-2)16-11-9-15(10-12-16)13-20-21-19(24)14-27-18-8-6-5-7-17(18)23(25)26/h5-13H,3-4,14H2,1-2H3,(H,21,24). The van der Waals surface area contributed by atoms with Crippen molar-refractivity contribution < 1.29 is 14.5 Å². The predicted octanol–water partition coefficient (Wildman–Crippen LogP) is 2.97. The molecular formula is C19H22N4O4. The third-order valence-electron chi connectivity index (χ3n) is 3.85. The molecule has 0 unspecified atom stereocenters. The summed E-state index contributed by atoms with van der Waals surface area (Å²) < 4.78 is 5.20. The minimum Gasteiger partial charge on any atom is -0.477 e. The van der Waals surface area contributed by atoms with Gasteiger partial charge in [0.25, 0.3) is 5.91 Å². The SMILES string of the molecule is CCN(CC)c1ccc(C=NNC(=O)COc2ccccc2[N+](=O)[O-])cc1. The van der Waals surface area contributed by atoms with Gasteiger partial charge in [0.15, 0.2) is 12.4 Å². The smallest absolute Gasteiger partial charge is 0.310 e. The summed E-state index contributed by atoms with van der Waals surface area (Å²) in [5.74, 6) is -0.474. The van der Waals surface area contributed by atoms with E-state index in [0.29, 0.717) is 0 Å². The van der Waals surface area contributed by atoms with Crippen LogP contribution >= 0.6 is 0 Å². The highest BCUT2D eigenvalue weighted by atomic mass is 16.6. The van der Waals surface area contributed by atoms with E-state index in [1.54, 1.807) is 6.07 Å². The largest absolute Gasteiger partial charge is 0.477 e. The zero-order valence-electron chi connectivity index (χ0n) is 15.3. The highest BCUT2D eigenvalue weighted by Gasteiger charge is 2.14. The van der Waals surface area contributed by atoms with Crippen LogP contribution < -0.4 is 15.1 Å². The minimum atomic E-state index is -0.562. The molecule has 0 aliphatic rings. The fraction of sp³-hybridized carbons (Fsp3) is 0.263. The minimum absolute atomic E-state index is 0.0358. The zero-order valence-corrected chi connectivity index (χ0v) is 15.3. The maximum absolute atomic E-state index is 11.8. The van der Waals surface area contributed by atoms with Gasteiger partial charge in [-0.2, -0.15) is 5.10 Å². The van der Waals surface area contributed by atoms with E-state index in [-0.39, 0.29) is 18.0 Å². The molecule has 0 aromatic heterocycles. The lowest BCUT2D eigenvalue weighted by molar-refractivity contribution is -0.385. The Hall–Kier alpha value is -3.42. The van der Waals surface area contributed by atoms with E-state index >= 15 is 0 Å². The van der Waals surface area contributed by atoms with Gasteiger partial charge in [-0.15, -0.1) is 0 Å². The normalized spacial score (nSPS) is 10.6. The number of nitro benzene ring substituents is 1. The van der Waals surface area contributed by atoms with Gasteiger partial charge >= 0.3 is 5.69 Å². The third-order valence-corrected chi connectivity index (χ3v) is 3.85. The van der Waals surface area contributed by atoms with Crippen LogP contribution in [0.3, 0.4) is 0 Å². The molecule has 2 rings (SSSR count). The molecule has 142 valence electrons. The number of para-hydroxylation sites is 2. The highest BCUT2D eigenvalue weighted by Crippen LogP contribution is 2.25. The van der Waals surface area contributed by atoms with Gasteiger partial charge in [-0.3, -0.25) is 14.9 Å². The van der Waals surface area contributed by atoms with Crippen LogP contribution in [0, 0.1) is 10.1 Å². The Balaban J connectivity index is 1.86. The molecule has 2 aromatic rings. The van der Waals surface area contributed by atoms with Crippen molar-refractivity contribution in [3.8, 4) is 5.75 Å². The number of ether oxygens (including phenoxy) is 1. The van der Waals surface area contributed by atoms with Crippen LogP contribution in [0.4, 0.5) is 11.4 Å². The first-order chi connectivity index (χ1) is 13.0. The van der Waals surface area contributed by atoms with Gasteiger partial charge in [-0.05, 0) is 37.6 Å². The number of nitrogens with one attached hydrogen (secondary N) is 1. The van der Waals surface area contributed by atoms with E-state index in [1.807, 2.05) is 24.3 Å². The molecule has 0 radical (unpaired) electrons. The van der Waals surface area contributed by atoms with E-state index < -0.39 is 10.8 Å². The summed E-state index contributed by atoms with van der Waals surface area (Å²) in [6.45, 7) is 5.68. The van der Waals surface area contributed by atoms with Crippen molar-refractivity contribution in [2.75, 3.05) is 24.6 Å². The highest BCUT2D eigenvalue weighted by molar-refractivity contribution is 5.83. The Morgan fingerprint density at radius 1 is 1.19 bits per heavy atom. The van der Waals surface area contributed by atoms with E-state index in [4.69, 9.17) is 4.74 Å². The second kappa shape index (κ2) is 9.91. The summed E-state index contributed by atoms with van der Waals surface area (Å²) in [5.41, 5.74) is 4.11. The molecule has 0 saturated carbocycles. The van der Waals surface area contributed by atoms with Gasteiger partial charge < -0.3 is 9.64 Å². The van der Waals surface area contributed by atoms with Crippen LogP contribution in [-0.4, -0.2) is 36.7 Å². The molecule has 0 bridgehead atoms. The molecule has 0 saturated heterocycles. The third kappa shape index (κ3) is 5.81. The number of benzene rings is 2. The summed E-state index contributed by atoms with van der Waals surface area (Å²) >= 11 is 0. The van der Waals surface area contributed by atoms with E-state index in [0.717, 1.165) is 24.3 Å². The van der Waals surface area contributed by atoms with E-state index in [1.165, 1.54) is 24.4 Å². The molecule has 0 atom stereocenters. The molecule has 0 aliphatic heterocycles. The van der Waals surface area contributed by atoms with Crippen LogP contribution in [0.15, 0.2) is 53.6 Å². The van der Waals surface area contributed by atoms with Crippen LogP contribution in [0.5, 0.6) is 5.75 Å². The maximum atomic E-state index is 11.8. The molecule has 27 heavy (non-hydrogen) atoms. The maximum Gasteiger partial charge on any atom is 0.310 e. The summed E-state index contributed by atoms with van der Waals surface area (Å²) in [4.78, 5) is 24.3. The molecule has 1 amide bonds. The topological polar surface area (TPSA) is 97.1 Å². The van der Waals surface area contributed by atoms with Gasteiger partial charge in [0, 0.05) is 24.8 Å². The van der Waals surface area contributed by atoms with E-state index in [9.17, 15) is 14.9 Å². The van der Waals surface area contributed by atoms with Crippen LogP contribution in [0.1, 0.15) is 19.4 Å². The molecule has 8 heteroatoms. The first-order valence-electron chi connectivity index (χ1n) is 8.58. The molecule has 0 aliphatic carbocycles. The van der Waals surface area contributed by atoms with Crippen molar-refractivity contribution in [3.63, 3.8) is 0 Å². The lowest BCUT2D eigenvalue weighted by atomic mass is 10.2. The molecule has 2 aromatic carbocycles. The molecule has 1 N–H and O–H groups in total. The van der Waals surface area contributed by atoms with Crippen LogP contribution in [0.25, 0.3) is 0 Å². The summed E-state index contributed by atoms with van der Waals surface area (Å²) in [6.07, 6.45) is 1.52. The number of hydrogen-bond acceptors (Lipinski definition) is 6. The molecule has 0 fully saturated rings. The van der Waals surface area contributed by atoms with E-state index in [2.05, 4.69) is 29.3 Å². The lowest BCUT2D eigenvalue weighted by Crippen LogP contribution is -2.24. The first kappa shape index (κ1) is 19.9. The Labute approximate surface area is 157 Å². The van der Waals surface area contributed by atoms with Crippen molar-refractivity contribution in [2.45, 2.75) is 13.8 Å². The average Bonchev–Trinajstić information content (AvgIpc) is 2.68. The number of carbonyl (C=O) groups is 1. The Kier molecular flexibility index (Phi) is 7.30. The lowest BCUT2D eigenvalue weighted by Gasteiger charge is -2.20. The van der Waals surface area contributed by atoms with Crippen molar-refractivity contribution in [1.29, 1.82) is 0 Å². The second-order valence-electron chi connectivity index (χ2n) is 5.57. The fourth-order valence-electron chi connectivity index (χ4n) is 2.44. The Morgan fingerprint density at radius 3 is 2.48 bits per heavy atom. The van der Waals surface area contributed by atoms with Gasteiger partial charge in [0.2, 0.25) is 0 Å². The molecule has 0 heterocycles. The van der Waals surface area contributed by atoms with Crippen molar-refractivity contribution in [2.24, 2.45) is 5.10 Å². The Bertz CT molecular complexity index is 802. The summed E-state index contributed by atoms with van der Waals surface area (Å²) in [7, 11) is 0. The predicted molar refractivity (Wildman–Crippen MR) is 104 cm³/mol. The second-order valence-corrected chi connectivity index (χ2v) is 5.57. The molecule has 8 nitrogen and oxygen atoms in total. The van der Waals surface area contributed by atoms with Gasteiger partial charge in [-0.25, -0.2) is 5.43 Å². The number of nitrogens with zero attached hydrogens (tertiary/aromatic N) is 3. The number of hydrogen-bond donors (Lipinski definition) is 1. The summed E-state index contributed by atoms with van der Waals surface area (Å²) in [6, 6.07) is 13.7. The number of anilines is 1. The number of rotatable bonds is 9. The summed E-state index contributed by atoms with van der Waals surface area (Å²) in [5, 5.41) is 14.8. The van der Waals surface area contributed by atoms with Crippen molar-refractivity contribution in [1.82, 2.24) is 5.43 Å². The number of carbonyl (C=O) groups excluding carboxylic acids is 1. The van der Waals surface area contributed by atoms with Crippen LogP contribution in [-0.2, 0) is 4.79 Å².